The second kappa shape index (κ2) is 8.97. The van der Waals surface area contributed by atoms with E-state index in [1.807, 2.05) is 49.4 Å². The van der Waals surface area contributed by atoms with E-state index in [4.69, 9.17) is 12.2 Å². The Kier molecular flexibility index (Phi) is 6.41. The van der Waals surface area contributed by atoms with Crippen LogP contribution in [0, 0.1) is 17.6 Å². The molecule has 0 saturated heterocycles. The number of aromatic amines is 1. The molecule has 0 saturated carbocycles. The standard InChI is InChI=1S/C22H26N4OS/c1-15(2)12-19(17-9-5-4-6-10-17)23-20(27)14-26-21(24-25-22(26)28)18-11-7-8-16(3)13-18/h4-11,13,15,19H,12,14H2,1-3H3,(H,23,27)(H,25,28)/t19-/m0/s1. The lowest BCUT2D eigenvalue weighted by Crippen LogP contribution is -2.32. The second-order valence-corrected chi connectivity index (χ2v) is 7.86. The molecule has 3 rings (SSSR count). The predicted octanol–water partition coefficient (Wildman–Crippen LogP) is 4.82. The molecule has 1 amide bonds. The van der Waals surface area contributed by atoms with Gasteiger partial charge in [0.25, 0.3) is 0 Å². The van der Waals surface area contributed by atoms with Crippen molar-refractivity contribution in [3.8, 4) is 11.4 Å². The average molecular weight is 395 g/mol. The van der Waals surface area contributed by atoms with Gasteiger partial charge in [0.05, 0.1) is 6.04 Å². The number of hydrogen-bond acceptors (Lipinski definition) is 3. The van der Waals surface area contributed by atoms with Gasteiger partial charge in [-0.05, 0) is 43.1 Å². The number of aromatic nitrogens is 3. The molecule has 5 nitrogen and oxygen atoms in total. The Balaban J connectivity index is 1.81. The highest BCUT2D eigenvalue weighted by Crippen LogP contribution is 2.22. The maximum atomic E-state index is 12.9. The molecule has 1 aromatic heterocycles. The Bertz CT molecular complexity index is 991. The van der Waals surface area contributed by atoms with Crippen LogP contribution >= 0.6 is 12.2 Å². The predicted molar refractivity (Wildman–Crippen MR) is 114 cm³/mol. The lowest BCUT2D eigenvalue weighted by atomic mass is 9.97. The molecule has 146 valence electrons. The Morgan fingerprint density at radius 1 is 1.18 bits per heavy atom. The van der Waals surface area contributed by atoms with Crippen LogP contribution < -0.4 is 5.32 Å². The summed E-state index contributed by atoms with van der Waals surface area (Å²) in [6, 6.07) is 18.0. The van der Waals surface area contributed by atoms with E-state index in [2.05, 4.69) is 41.5 Å². The van der Waals surface area contributed by atoms with Crippen LogP contribution in [0.15, 0.2) is 54.6 Å². The average Bonchev–Trinajstić information content (AvgIpc) is 3.02. The van der Waals surface area contributed by atoms with Crippen LogP contribution in [-0.2, 0) is 11.3 Å². The number of nitrogens with one attached hydrogen (secondary N) is 2. The molecule has 0 aliphatic rings. The van der Waals surface area contributed by atoms with Crippen LogP contribution in [0.5, 0.6) is 0 Å². The number of carbonyl (C=O) groups excluding carboxylic acids is 1. The van der Waals surface area contributed by atoms with Gasteiger partial charge in [0.15, 0.2) is 10.6 Å². The normalized spacial score (nSPS) is 12.1. The van der Waals surface area contributed by atoms with E-state index in [9.17, 15) is 4.79 Å². The van der Waals surface area contributed by atoms with Gasteiger partial charge < -0.3 is 5.32 Å². The third-order valence-corrected chi connectivity index (χ3v) is 4.89. The summed E-state index contributed by atoms with van der Waals surface area (Å²) >= 11 is 5.37. The Hall–Kier alpha value is -2.73. The molecule has 0 aliphatic carbocycles. The Morgan fingerprint density at radius 3 is 2.61 bits per heavy atom. The summed E-state index contributed by atoms with van der Waals surface area (Å²) in [5.74, 6) is 1.05. The summed E-state index contributed by atoms with van der Waals surface area (Å²) < 4.78 is 2.18. The second-order valence-electron chi connectivity index (χ2n) is 7.47. The van der Waals surface area contributed by atoms with E-state index in [1.165, 1.54) is 0 Å². The molecule has 0 spiro atoms. The highest BCUT2D eigenvalue weighted by molar-refractivity contribution is 7.71. The van der Waals surface area contributed by atoms with Crippen LogP contribution in [0.2, 0.25) is 0 Å². The fourth-order valence-electron chi connectivity index (χ4n) is 3.29. The van der Waals surface area contributed by atoms with Gasteiger partial charge in [0.1, 0.15) is 6.54 Å². The first-order valence-corrected chi connectivity index (χ1v) is 9.91. The van der Waals surface area contributed by atoms with Crippen molar-refractivity contribution in [2.75, 3.05) is 0 Å². The van der Waals surface area contributed by atoms with Crippen molar-refractivity contribution in [3.05, 3.63) is 70.5 Å². The molecule has 0 unspecified atom stereocenters. The molecule has 0 radical (unpaired) electrons. The van der Waals surface area contributed by atoms with Crippen LogP contribution in [0.3, 0.4) is 0 Å². The van der Waals surface area contributed by atoms with Gasteiger partial charge >= 0.3 is 0 Å². The summed E-state index contributed by atoms with van der Waals surface area (Å²) in [5.41, 5.74) is 3.17. The van der Waals surface area contributed by atoms with Gasteiger partial charge in [-0.1, -0.05) is 67.9 Å². The summed E-state index contributed by atoms with van der Waals surface area (Å²) in [4.78, 5) is 12.9. The van der Waals surface area contributed by atoms with Crippen LogP contribution in [-0.4, -0.2) is 20.7 Å². The zero-order valence-electron chi connectivity index (χ0n) is 16.5. The minimum Gasteiger partial charge on any atom is -0.348 e. The van der Waals surface area contributed by atoms with Gasteiger partial charge in [-0.15, -0.1) is 0 Å². The highest BCUT2D eigenvalue weighted by atomic mass is 32.1. The van der Waals surface area contributed by atoms with Crippen molar-refractivity contribution in [1.29, 1.82) is 0 Å². The number of benzene rings is 2. The Labute approximate surface area is 170 Å². The quantitative estimate of drug-likeness (QED) is 0.565. The van der Waals surface area contributed by atoms with E-state index in [1.54, 1.807) is 4.57 Å². The van der Waals surface area contributed by atoms with Crippen molar-refractivity contribution in [2.24, 2.45) is 5.92 Å². The molecule has 2 aromatic carbocycles. The monoisotopic (exact) mass is 394 g/mol. The van der Waals surface area contributed by atoms with Gasteiger partial charge in [0.2, 0.25) is 5.91 Å². The lowest BCUT2D eigenvalue weighted by Gasteiger charge is -2.21. The number of amides is 1. The summed E-state index contributed by atoms with van der Waals surface area (Å²) in [7, 11) is 0. The maximum absolute atomic E-state index is 12.9. The molecule has 1 heterocycles. The van der Waals surface area contributed by atoms with Crippen LogP contribution in [0.1, 0.15) is 37.4 Å². The van der Waals surface area contributed by atoms with Crippen LogP contribution in [0.4, 0.5) is 0 Å². The van der Waals surface area contributed by atoms with Crippen LogP contribution in [0.25, 0.3) is 11.4 Å². The molecule has 28 heavy (non-hydrogen) atoms. The number of nitrogens with zero attached hydrogens (tertiary/aromatic N) is 2. The topological polar surface area (TPSA) is 62.7 Å². The van der Waals surface area contributed by atoms with E-state index >= 15 is 0 Å². The molecule has 1 atom stereocenters. The zero-order chi connectivity index (χ0) is 20.1. The molecule has 2 N–H and O–H groups in total. The third kappa shape index (κ3) is 4.95. The first-order valence-electron chi connectivity index (χ1n) is 9.50. The van der Waals surface area contributed by atoms with E-state index in [0.29, 0.717) is 16.5 Å². The fraction of sp³-hybridized carbons (Fsp3) is 0.318. The molecular weight excluding hydrogens is 368 g/mol. The fourth-order valence-corrected chi connectivity index (χ4v) is 3.48. The summed E-state index contributed by atoms with van der Waals surface area (Å²) in [6.07, 6.45) is 0.872. The number of hydrogen-bond donors (Lipinski definition) is 2. The molecule has 0 aliphatic heterocycles. The first kappa shape index (κ1) is 20.0. The van der Waals surface area contributed by atoms with Gasteiger partial charge in [0, 0.05) is 5.56 Å². The van der Waals surface area contributed by atoms with Crippen molar-refractivity contribution < 1.29 is 4.79 Å². The number of carbonyl (C=O) groups is 1. The summed E-state index contributed by atoms with van der Waals surface area (Å²) in [6.45, 7) is 6.46. The van der Waals surface area contributed by atoms with Gasteiger partial charge in [-0.25, -0.2) is 0 Å². The van der Waals surface area contributed by atoms with Gasteiger partial charge in [-0.3, -0.25) is 14.5 Å². The SMILES string of the molecule is Cc1cccc(-c2n[nH]c(=S)n2CC(=O)N[C@@H](CC(C)C)c2ccccc2)c1. The Morgan fingerprint density at radius 2 is 1.93 bits per heavy atom. The van der Waals surface area contributed by atoms with Crippen molar-refractivity contribution >= 4 is 18.1 Å². The molecule has 0 bridgehead atoms. The third-order valence-electron chi connectivity index (χ3n) is 4.58. The van der Waals surface area contributed by atoms with E-state index < -0.39 is 0 Å². The number of rotatable bonds is 7. The van der Waals surface area contributed by atoms with E-state index in [-0.39, 0.29) is 18.5 Å². The lowest BCUT2D eigenvalue weighted by molar-refractivity contribution is -0.122. The minimum atomic E-state index is -0.0825. The maximum Gasteiger partial charge on any atom is 0.240 e. The van der Waals surface area contributed by atoms with Crippen molar-refractivity contribution in [2.45, 2.75) is 39.8 Å². The molecule has 0 fully saturated rings. The van der Waals surface area contributed by atoms with Crippen molar-refractivity contribution in [1.82, 2.24) is 20.1 Å². The van der Waals surface area contributed by atoms with E-state index in [0.717, 1.165) is 23.1 Å². The zero-order valence-corrected chi connectivity index (χ0v) is 17.3. The first-order chi connectivity index (χ1) is 13.4. The smallest absolute Gasteiger partial charge is 0.240 e. The number of H-pyrrole nitrogens is 1. The minimum absolute atomic E-state index is 0.0304. The molecule has 3 aromatic rings. The highest BCUT2D eigenvalue weighted by Gasteiger charge is 2.18. The molecule has 6 heteroatoms. The van der Waals surface area contributed by atoms with Gasteiger partial charge in [-0.2, -0.15) is 5.10 Å². The number of aryl methyl sites for hydroxylation is 1. The largest absolute Gasteiger partial charge is 0.348 e. The molecular formula is C22H26N4OS. The summed E-state index contributed by atoms with van der Waals surface area (Å²) in [5, 5.41) is 10.3. The van der Waals surface area contributed by atoms with Crippen molar-refractivity contribution in [3.63, 3.8) is 0 Å².